The van der Waals surface area contributed by atoms with Gasteiger partial charge in [0.25, 0.3) is 0 Å². The summed E-state index contributed by atoms with van der Waals surface area (Å²) in [6.45, 7) is 3.94. The number of hydrogen-bond donors (Lipinski definition) is 1. The first-order valence-electron chi connectivity index (χ1n) is 26.4. The molecule has 0 saturated heterocycles. The van der Waals surface area contributed by atoms with E-state index < -0.39 is 26.5 Å². The average molecular weight is 885 g/mol. The summed E-state index contributed by atoms with van der Waals surface area (Å²) in [4.78, 5) is 34.7. The third kappa shape index (κ3) is 48.1. The number of carbonyl (C=O) groups is 2. The van der Waals surface area contributed by atoms with Crippen molar-refractivity contribution < 1.29 is 37.6 Å². The van der Waals surface area contributed by atoms with Gasteiger partial charge in [0.2, 0.25) is 0 Å². The zero-order valence-electron chi connectivity index (χ0n) is 40.6. The maximum atomic E-state index is 12.6. The first kappa shape index (κ1) is 59.8. The third-order valence-corrected chi connectivity index (χ3v) is 12.9. The molecule has 8 nitrogen and oxygen atoms in total. The molecule has 0 aromatic rings. The lowest BCUT2D eigenvalue weighted by molar-refractivity contribution is -0.161. The van der Waals surface area contributed by atoms with E-state index in [0.717, 1.165) is 39.2 Å². The fourth-order valence-electron chi connectivity index (χ4n) is 7.95. The summed E-state index contributed by atoms with van der Waals surface area (Å²) >= 11 is 0. The van der Waals surface area contributed by atoms with Crippen LogP contribution in [0.2, 0.25) is 0 Å². The monoisotopic (exact) mass is 885 g/mol. The van der Waals surface area contributed by atoms with Crippen LogP contribution in [0.5, 0.6) is 0 Å². The van der Waals surface area contributed by atoms with Crippen LogP contribution in [-0.2, 0) is 32.7 Å². The highest BCUT2D eigenvalue weighted by molar-refractivity contribution is 7.47. The second-order valence-electron chi connectivity index (χ2n) is 18.0. The van der Waals surface area contributed by atoms with Crippen molar-refractivity contribution in [2.75, 3.05) is 20.3 Å². The first-order chi connectivity index (χ1) is 29.8. The molecule has 362 valence electrons. The van der Waals surface area contributed by atoms with Gasteiger partial charge in [-0.15, -0.1) is 0 Å². The maximum Gasteiger partial charge on any atom is 0.472 e. The highest BCUT2D eigenvalue weighted by Gasteiger charge is 2.24. The molecule has 0 spiro atoms. The SMILES string of the molecule is CCCCCCCC/C=C\CCCCCCCCCCCC(=O)OC(COC(=O)CCCCCCCCCCCCCCCCCCCCCCCCC)COP(=O)(O)OC. The van der Waals surface area contributed by atoms with Crippen molar-refractivity contribution in [1.82, 2.24) is 0 Å². The minimum atomic E-state index is -4.26. The van der Waals surface area contributed by atoms with Crippen LogP contribution in [0.15, 0.2) is 12.2 Å². The molecule has 61 heavy (non-hydrogen) atoms. The summed E-state index contributed by atoms with van der Waals surface area (Å²) in [6, 6.07) is 0. The van der Waals surface area contributed by atoms with Gasteiger partial charge in [-0.1, -0.05) is 244 Å². The molecule has 2 unspecified atom stereocenters. The molecule has 0 bridgehead atoms. The predicted octanol–water partition coefficient (Wildman–Crippen LogP) is 17.2. The summed E-state index contributed by atoms with van der Waals surface area (Å²) in [5, 5.41) is 0. The number of allylic oxidation sites excluding steroid dienone is 2. The molecule has 0 rings (SSSR count). The van der Waals surface area contributed by atoms with E-state index in [2.05, 4.69) is 30.5 Å². The van der Waals surface area contributed by atoms with Gasteiger partial charge in [0.1, 0.15) is 6.61 Å². The van der Waals surface area contributed by atoms with Gasteiger partial charge in [-0.25, -0.2) is 4.57 Å². The highest BCUT2D eigenvalue weighted by atomic mass is 31.2. The molecule has 0 aliphatic carbocycles. The molecule has 0 amide bonds. The molecule has 0 saturated carbocycles. The number of rotatable bonds is 50. The zero-order chi connectivity index (χ0) is 44.6. The number of phosphoric acid groups is 1. The molecule has 2 atom stereocenters. The molecule has 0 aromatic heterocycles. The summed E-state index contributed by atoms with van der Waals surface area (Å²) in [5.74, 6) is -0.787. The second-order valence-corrected chi connectivity index (χ2v) is 19.6. The number of carbonyl (C=O) groups excluding carboxylic acids is 2. The Morgan fingerprint density at radius 1 is 0.443 bits per heavy atom. The Labute approximate surface area is 378 Å². The van der Waals surface area contributed by atoms with E-state index in [1.165, 1.54) is 218 Å². The van der Waals surface area contributed by atoms with Crippen LogP contribution in [-0.4, -0.2) is 43.3 Å². The van der Waals surface area contributed by atoms with Gasteiger partial charge in [0, 0.05) is 20.0 Å². The lowest BCUT2D eigenvalue weighted by Crippen LogP contribution is -2.29. The van der Waals surface area contributed by atoms with Crippen LogP contribution < -0.4 is 0 Å². The third-order valence-electron chi connectivity index (χ3n) is 12.0. The molecule has 0 heterocycles. The van der Waals surface area contributed by atoms with Crippen LogP contribution in [0.1, 0.15) is 284 Å². The molecule has 0 aliphatic rings. The van der Waals surface area contributed by atoms with Crippen molar-refractivity contribution in [1.29, 1.82) is 0 Å². The summed E-state index contributed by atoms with van der Waals surface area (Å²) in [7, 11) is -3.19. The van der Waals surface area contributed by atoms with Crippen LogP contribution in [0.25, 0.3) is 0 Å². The first-order valence-corrected chi connectivity index (χ1v) is 27.9. The summed E-state index contributed by atoms with van der Waals surface area (Å²) < 4.78 is 32.2. The molecular formula is C52H101O8P. The number of esters is 2. The van der Waals surface area contributed by atoms with Crippen LogP contribution >= 0.6 is 7.82 Å². The van der Waals surface area contributed by atoms with Gasteiger partial charge in [-0.2, -0.15) is 0 Å². The van der Waals surface area contributed by atoms with Gasteiger partial charge in [0.05, 0.1) is 6.61 Å². The minimum absolute atomic E-state index is 0.219. The molecule has 0 aliphatic heterocycles. The van der Waals surface area contributed by atoms with Crippen LogP contribution in [0, 0.1) is 0 Å². The lowest BCUT2D eigenvalue weighted by Gasteiger charge is -2.19. The average Bonchev–Trinajstić information content (AvgIpc) is 3.25. The smallest absolute Gasteiger partial charge is 0.462 e. The Hall–Kier alpha value is -1.21. The van der Waals surface area contributed by atoms with E-state index in [1.807, 2.05) is 0 Å². The van der Waals surface area contributed by atoms with Crippen LogP contribution in [0.4, 0.5) is 0 Å². The molecule has 9 heteroatoms. The Bertz CT molecular complexity index is 1000. The largest absolute Gasteiger partial charge is 0.472 e. The van der Waals surface area contributed by atoms with E-state index >= 15 is 0 Å². The Kier molecular flexibility index (Phi) is 47.3. The Morgan fingerprint density at radius 3 is 1.07 bits per heavy atom. The van der Waals surface area contributed by atoms with Gasteiger partial charge < -0.3 is 14.4 Å². The van der Waals surface area contributed by atoms with E-state index in [9.17, 15) is 19.0 Å². The normalized spacial score (nSPS) is 13.2. The van der Waals surface area contributed by atoms with Crippen molar-refractivity contribution in [3.8, 4) is 0 Å². The van der Waals surface area contributed by atoms with E-state index in [4.69, 9.17) is 14.0 Å². The van der Waals surface area contributed by atoms with Crippen LogP contribution in [0.3, 0.4) is 0 Å². The van der Waals surface area contributed by atoms with E-state index in [0.29, 0.717) is 12.8 Å². The van der Waals surface area contributed by atoms with Gasteiger partial charge in [-0.3, -0.25) is 18.6 Å². The van der Waals surface area contributed by atoms with Gasteiger partial charge >= 0.3 is 19.8 Å². The van der Waals surface area contributed by atoms with E-state index in [-0.39, 0.29) is 19.0 Å². The molecular weight excluding hydrogens is 784 g/mol. The molecule has 0 radical (unpaired) electrons. The fourth-order valence-corrected chi connectivity index (χ4v) is 8.41. The zero-order valence-corrected chi connectivity index (χ0v) is 41.5. The van der Waals surface area contributed by atoms with Crippen molar-refractivity contribution in [3.05, 3.63) is 12.2 Å². The molecule has 1 N–H and O–H groups in total. The molecule has 0 fully saturated rings. The molecule has 0 aromatic carbocycles. The number of phosphoric ester groups is 1. The minimum Gasteiger partial charge on any atom is -0.462 e. The van der Waals surface area contributed by atoms with Crippen molar-refractivity contribution >= 4 is 19.8 Å². The Morgan fingerprint density at radius 2 is 0.738 bits per heavy atom. The summed E-state index contributed by atoms with van der Waals surface area (Å²) in [5.41, 5.74) is 0. The number of unbranched alkanes of at least 4 members (excludes halogenated alkanes) is 37. The maximum absolute atomic E-state index is 12.6. The predicted molar refractivity (Wildman–Crippen MR) is 258 cm³/mol. The quantitative estimate of drug-likeness (QED) is 0.0278. The van der Waals surface area contributed by atoms with Gasteiger partial charge in [-0.05, 0) is 38.5 Å². The van der Waals surface area contributed by atoms with Crippen molar-refractivity contribution in [3.63, 3.8) is 0 Å². The summed E-state index contributed by atoms with van der Waals surface area (Å²) in [6.07, 6.45) is 55.7. The lowest BCUT2D eigenvalue weighted by atomic mass is 10.0. The van der Waals surface area contributed by atoms with E-state index in [1.54, 1.807) is 0 Å². The fraction of sp³-hybridized carbons (Fsp3) is 0.923. The van der Waals surface area contributed by atoms with Crippen molar-refractivity contribution in [2.24, 2.45) is 0 Å². The second kappa shape index (κ2) is 48.3. The number of hydrogen-bond acceptors (Lipinski definition) is 7. The standard InChI is InChI=1S/C52H101O8P/c1-4-6-8-10-12-14-16-18-20-22-24-25-26-27-29-30-32-34-36-38-40-42-44-46-51(53)58-48-50(49-59-61(55,56)57-3)60-52(54)47-45-43-41-39-37-35-33-31-28-23-21-19-17-15-13-11-9-7-5-2/h19,21,50H,4-18,20,22-49H2,1-3H3,(H,55,56)/b21-19-. The topological polar surface area (TPSA) is 108 Å². The number of ether oxygens (including phenoxy) is 2. The highest BCUT2D eigenvalue weighted by Crippen LogP contribution is 2.42. The van der Waals surface area contributed by atoms with Gasteiger partial charge in [0.15, 0.2) is 6.10 Å². The van der Waals surface area contributed by atoms with Crippen molar-refractivity contribution in [2.45, 2.75) is 290 Å². The Balaban J connectivity index is 3.83.